The second-order valence-corrected chi connectivity index (χ2v) is 7.01. The quantitative estimate of drug-likeness (QED) is 0.361. The minimum atomic E-state index is -4.55. The van der Waals surface area contributed by atoms with E-state index in [1.54, 1.807) is 0 Å². The Morgan fingerprint density at radius 1 is 1.26 bits per heavy atom. The van der Waals surface area contributed by atoms with Crippen LogP contribution in [0, 0.1) is 10.1 Å². The van der Waals surface area contributed by atoms with Crippen LogP contribution in [-0.2, 0) is 10.7 Å². The van der Waals surface area contributed by atoms with Crippen LogP contribution in [0.15, 0.2) is 36.5 Å². The summed E-state index contributed by atoms with van der Waals surface area (Å²) in [6, 6.07) is 5.24. The minimum Gasteiger partial charge on any atom is -0.439 e. The number of alkyl halides is 3. The Bertz CT molecular complexity index is 869. The maximum absolute atomic E-state index is 12.5. The molecule has 0 radical (unpaired) electrons. The van der Waals surface area contributed by atoms with E-state index in [1.165, 1.54) is 12.1 Å². The fourth-order valence-corrected chi connectivity index (χ4v) is 2.35. The summed E-state index contributed by atoms with van der Waals surface area (Å²) in [4.78, 5) is 31.5. The van der Waals surface area contributed by atoms with Gasteiger partial charge in [0.25, 0.3) is 5.69 Å². The molecule has 0 fully saturated rings. The highest BCUT2D eigenvalue weighted by molar-refractivity contribution is 7.51. The number of nitro benzene ring substituents is 1. The molecule has 1 aromatic heterocycles. The van der Waals surface area contributed by atoms with Crippen molar-refractivity contribution < 1.29 is 37.2 Å². The second kappa shape index (κ2) is 7.91. The van der Waals surface area contributed by atoms with E-state index >= 15 is 0 Å². The van der Waals surface area contributed by atoms with Gasteiger partial charge in [-0.1, -0.05) is 0 Å². The number of halogens is 3. The molecule has 13 heteroatoms. The number of nitro groups is 1. The van der Waals surface area contributed by atoms with Crippen molar-refractivity contribution in [2.75, 3.05) is 18.0 Å². The van der Waals surface area contributed by atoms with Crippen molar-refractivity contribution in [3.05, 3.63) is 52.2 Å². The molecule has 0 atom stereocenters. The van der Waals surface area contributed by atoms with Gasteiger partial charge < -0.3 is 19.8 Å². The van der Waals surface area contributed by atoms with Crippen molar-refractivity contribution in [1.82, 2.24) is 4.98 Å². The molecule has 0 unspecified atom stereocenters. The van der Waals surface area contributed by atoms with Gasteiger partial charge in [0.05, 0.1) is 16.6 Å². The smallest absolute Gasteiger partial charge is 0.417 e. The SMILES string of the molecule is O=[N+]([O-])c1ccc(Oc2ccc(C(F)(F)F)cn2)cc1NCCP(=O)(O)O. The Morgan fingerprint density at radius 3 is 2.48 bits per heavy atom. The molecule has 2 rings (SSSR count). The van der Waals surface area contributed by atoms with Gasteiger partial charge >= 0.3 is 13.8 Å². The summed E-state index contributed by atoms with van der Waals surface area (Å²) in [6.07, 6.45) is -4.51. The average Bonchev–Trinajstić information content (AvgIpc) is 2.53. The lowest BCUT2D eigenvalue weighted by molar-refractivity contribution is -0.384. The van der Waals surface area contributed by atoms with Crippen LogP contribution in [0.2, 0.25) is 0 Å². The third-order valence-electron chi connectivity index (χ3n) is 3.17. The number of nitrogens with one attached hydrogen (secondary N) is 1. The van der Waals surface area contributed by atoms with Crippen LogP contribution in [0.25, 0.3) is 0 Å². The number of aromatic nitrogens is 1. The maximum Gasteiger partial charge on any atom is 0.417 e. The zero-order valence-electron chi connectivity index (χ0n) is 13.4. The van der Waals surface area contributed by atoms with Crippen molar-refractivity contribution in [2.24, 2.45) is 0 Å². The van der Waals surface area contributed by atoms with E-state index in [1.807, 2.05) is 0 Å². The van der Waals surface area contributed by atoms with Gasteiger partial charge in [0.15, 0.2) is 0 Å². The van der Waals surface area contributed by atoms with Gasteiger partial charge in [0.2, 0.25) is 5.88 Å². The van der Waals surface area contributed by atoms with Gasteiger partial charge in [0.1, 0.15) is 11.4 Å². The van der Waals surface area contributed by atoms with Crippen molar-refractivity contribution in [3.63, 3.8) is 0 Å². The van der Waals surface area contributed by atoms with E-state index in [-0.39, 0.29) is 29.5 Å². The predicted molar refractivity (Wildman–Crippen MR) is 87.8 cm³/mol. The number of hydrogen-bond donors (Lipinski definition) is 3. The van der Waals surface area contributed by atoms with Gasteiger partial charge in [-0.05, 0) is 12.1 Å². The first kappa shape index (κ1) is 20.6. The number of rotatable bonds is 7. The molecule has 0 bridgehead atoms. The van der Waals surface area contributed by atoms with Crippen LogP contribution >= 0.6 is 7.60 Å². The summed E-state index contributed by atoms with van der Waals surface area (Å²) in [5.74, 6) is -0.135. The summed E-state index contributed by atoms with van der Waals surface area (Å²) in [5, 5.41) is 13.6. The first-order valence-corrected chi connectivity index (χ1v) is 9.03. The Labute approximate surface area is 150 Å². The molecule has 9 nitrogen and oxygen atoms in total. The molecule has 146 valence electrons. The second-order valence-electron chi connectivity index (χ2n) is 5.24. The van der Waals surface area contributed by atoms with Crippen molar-refractivity contribution in [1.29, 1.82) is 0 Å². The van der Waals surface area contributed by atoms with Crippen LogP contribution < -0.4 is 10.1 Å². The zero-order chi connectivity index (χ0) is 20.2. The highest BCUT2D eigenvalue weighted by atomic mass is 31.2. The van der Waals surface area contributed by atoms with Gasteiger partial charge in [-0.3, -0.25) is 14.7 Å². The Hall–Kier alpha value is -2.69. The molecule has 0 aliphatic carbocycles. The third-order valence-corrected chi connectivity index (χ3v) is 3.98. The van der Waals surface area contributed by atoms with Crippen LogP contribution in [-0.4, -0.2) is 32.4 Å². The largest absolute Gasteiger partial charge is 0.439 e. The van der Waals surface area contributed by atoms with E-state index in [9.17, 15) is 27.9 Å². The number of nitrogens with zero attached hydrogens (tertiary/aromatic N) is 2. The monoisotopic (exact) mass is 407 g/mol. The molecular formula is C14H13F3N3O6P. The number of benzene rings is 1. The van der Waals surface area contributed by atoms with Crippen LogP contribution in [0.1, 0.15) is 5.56 Å². The molecule has 0 saturated heterocycles. The van der Waals surface area contributed by atoms with Crippen molar-refractivity contribution in [2.45, 2.75) is 6.18 Å². The van der Waals surface area contributed by atoms with E-state index < -0.39 is 30.4 Å². The molecule has 1 aromatic carbocycles. The summed E-state index contributed by atoms with van der Waals surface area (Å²) in [5.41, 5.74) is -1.40. The van der Waals surface area contributed by atoms with E-state index in [0.29, 0.717) is 6.20 Å². The normalized spacial score (nSPS) is 11.9. The van der Waals surface area contributed by atoms with Crippen LogP contribution in [0.3, 0.4) is 0 Å². The number of anilines is 1. The number of pyridine rings is 1. The fraction of sp³-hybridized carbons (Fsp3) is 0.214. The summed E-state index contributed by atoms with van der Waals surface area (Å²) >= 11 is 0. The summed E-state index contributed by atoms with van der Waals surface area (Å²) in [6.45, 7) is -0.243. The lowest BCUT2D eigenvalue weighted by atomic mass is 10.2. The Morgan fingerprint density at radius 2 is 1.96 bits per heavy atom. The topological polar surface area (TPSA) is 135 Å². The Balaban J connectivity index is 2.18. The molecule has 0 saturated carbocycles. The zero-order valence-corrected chi connectivity index (χ0v) is 14.3. The fourth-order valence-electron chi connectivity index (χ4n) is 1.94. The first-order chi connectivity index (χ1) is 12.5. The molecule has 27 heavy (non-hydrogen) atoms. The lowest BCUT2D eigenvalue weighted by Crippen LogP contribution is -2.08. The molecule has 0 spiro atoms. The maximum atomic E-state index is 12.5. The standard InChI is InChI=1S/C14H13F3N3O6P/c15-14(16,17)9-1-4-13(19-8-9)26-10-2-3-12(20(21)22)11(7-10)18-5-6-27(23,24)25/h1-4,7-8,18H,5-6H2,(H2,23,24,25). The summed E-state index contributed by atoms with van der Waals surface area (Å²) < 4.78 is 53.7. The van der Waals surface area contributed by atoms with Gasteiger partial charge in [0, 0.05) is 30.9 Å². The van der Waals surface area contributed by atoms with Gasteiger partial charge in [-0.2, -0.15) is 13.2 Å². The molecule has 1 heterocycles. The average molecular weight is 407 g/mol. The minimum absolute atomic E-state index is 0.0338. The molecule has 3 N–H and O–H groups in total. The molecular weight excluding hydrogens is 394 g/mol. The Kier molecular flexibility index (Phi) is 6.04. The van der Waals surface area contributed by atoms with E-state index in [2.05, 4.69) is 10.3 Å². The van der Waals surface area contributed by atoms with Gasteiger partial charge in [-0.15, -0.1) is 0 Å². The van der Waals surface area contributed by atoms with Crippen LogP contribution in [0.4, 0.5) is 24.5 Å². The predicted octanol–water partition coefficient (Wildman–Crippen LogP) is 3.39. The highest BCUT2D eigenvalue weighted by Gasteiger charge is 2.30. The van der Waals surface area contributed by atoms with Crippen molar-refractivity contribution >= 4 is 19.0 Å². The van der Waals surface area contributed by atoms with Crippen molar-refractivity contribution in [3.8, 4) is 11.6 Å². The molecule has 0 aliphatic heterocycles. The molecule has 0 aliphatic rings. The highest BCUT2D eigenvalue weighted by Crippen LogP contribution is 2.35. The van der Waals surface area contributed by atoms with E-state index in [0.717, 1.165) is 18.2 Å². The van der Waals surface area contributed by atoms with Crippen LogP contribution in [0.5, 0.6) is 11.6 Å². The van der Waals surface area contributed by atoms with E-state index in [4.69, 9.17) is 14.5 Å². The summed E-state index contributed by atoms with van der Waals surface area (Å²) in [7, 11) is -4.29. The molecule has 0 amide bonds. The molecule has 2 aromatic rings. The third kappa shape index (κ3) is 6.20. The number of ether oxygens (including phenoxy) is 1. The van der Waals surface area contributed by atoms with Gasteiger partial charge in [-0.25, -0.2) is 4.98 Å². The number of hydrogen-bond acceptors (Lipinski definition) is 6. The lowest BCUT2D eigenvalue weighted by Gasteiger charge is -2.11. The first-order valence-electron chi connectivity index (χ1n) is 7.24.